The zero-order valence-electron chi connectivity index (χ0n) is 17.3. The van der Waals surface area contributed by atoms with Gasteiger partial charge in [0, 0.05) is 18.7 Å². The summed E-state index contributed by atoms with van der Waals surface area (Å²) < 4.78 is 80.9. The van der Waals surface area contributed by atoms with Gasteiger partial charge >= 0.3 is 12.4 Å². The van der Waals surface area contributed by atoms with E-state index < -0.39 is 52.8 Å². The zero-order valence-corrected chi connectivity index (χ0v) is 17.3. The van der Waals surface area contributed by atoms with Crippen LogP contribution in [0.4, 0.5) is 32.2 Å². The molecule has 12 heteroatoms. The lowest BCUT2D eigenvalue weighted by molar-refractivity contribution is -0.143. The molecular weight excluding hydrogens is 466 g/mol. The number of fused-ring (bicyclic) bond motifs is 1. The molecule has 0 radical (unpaired) electrons. The van der Waals surface area contributed by atoms with E-state index in [0.29, 0.717) is 12.1 Å². The van der Waals surface area contributed by atoms with Gasteiger partial charge < -0.3 is 10.2 Å². The van der Waals surface area contributed by atoms with Crippen LogP contribution >= 0.6 is 0 Å². The molecule has 0 saturated carbocycles. The van der Waals surface area contributed by atoms with Crippen molar-refractivity contribution in [3.8, 4) is 0 Å². The summed E-state index contributed by atoms with van der Waals surface area (Å²) in [6.07, 6.45) is -8.82. The van der Waals surface area contributed by atoms with Crippen molar-refractivity contribution in [2.24, 2.45) is 0 Å². The van der Waals surface area contributed by atoms with Crippen LogP contribution in [0.2, 0.25) is 0 Å². The molecule has 6 nitrogen and oxygen atoms in total. The largest absolute Gasteiger partial charge is 0.416 e. The Bertz CT molecular complexity index is 1200. The topological polar surface area (TPSA) is 78.1 Å². The van der Waals surface area contributed by atoms with Crippen molar-refractivity contribution in [2.45, 2.75) is 24.3 Å². The van der Waals surface area contributed by atoms with Crippen molar-refractivity contribution in [1.82, 2.24) is 15.1 Å². The lowest BCUT2D eigenvalue weighted by Gasteiger charge is -2.40. The van der Waals surface area contributed by atoms with Crippen LogP contribution in [0.3, 0.4) is 0 Å². The van der Waals surface area contributed by atoms with Crippen molar-refractivity contribution in [2.75, 3.05) is 12.4 Å². The first-order valence-electron chi connectivity index (χ1n) is 9.83. The first kappa shape index (κ1) is 23.3. The molecule has 0 aliphatic carbocycles. The molecule has 2 heterocycles. The van der Waals surface area contributed by atoms with Gasteiger partial charge in [0.05, 0.1) is 29.3 Å². The number of hydrogen-bond donors (Lipinski definition) is 2. The predicted molar refractivity (Wildman–Crippen MR) is 108 cm³/mol. The maximum absolute atomic E-state index is 13.5. The third kappa shape index (κ3) is 4.22. The second-order valence-electron chi connectivity index (χ2n) is 7.72. The summed E-state index contributed by atoms with van der Waals surface area (Å²) in [7, 11) is 1.23. The highest BCUT2D eigenvalue weighted by Gasteiger charge is 2.45. The Labute approximate surface area is 188 Å². The molecule has 0 spiro atoms. The van der Waals surface area contributed by atoms with Crippen LogP contribution < -0.4 is 5.32 Å². The Balaban J connectivity index is 1.92. The van der Waals surface area contributed by atoms with E-state index in [2.05, 4.69) is 15.5 Å². The molecule has 34 heavy (non-hydrogen) atoms. The molecule has 0 bridgehead atoms. The number of nitrogens with zero attached hydrogens (tertiary/aromatic N) is 2. The van der Waals surface area contributed by atoms with Gasteiger partial charge in [-0.3, -0.25) is 14.7 Å². The summed E-state index contributed by atoms with van der Waals surface area (Å²) in [5.41, 5.74) is -3.25. The van der Waals surface area contributed by atoms with Gasteiger partial charge in [-0.2, -0.15) is 31.4 Å². The Morgan fingerprint density at radius 2 is 1.62 bits per heavy atom. The highest BCUT2D eigenvalue weighted by Crippen LogP contribution is 2.45. The van der Waals surface area contributed by atoms with Crippen LogP contribution in [0.15, 0.2) is 54.7 Å². The van der Waals surface area contributed by atoms with Gasteiger partial charge in [-0.05, 0) is 35.4 Å². The lowest BCUT2D eigenvalue weighted by atomic mass is 9.78. The fraction of sp³-hybridized carbons (Fsp3) is 0.227. The maximum atomic E-state index is 13.5. The molecule has 1 aliphatic rings. The average molecular weight is 482 g/mol. The van der Waals surface area contributed by atoms with E-state index in [1.807, 2.05) is 0 Å². The van der Waals surface area contributed by atoms with Gasteiger partial charge in [0.25, 0.3) is 5.91 Å². The van der Waals surface area contributed by atoms with E-state index in [1.165, 1.54) is 37.5 Å². The van der Waals surface area contributed by atoms with Gasteiger partial charge in [0.2, 0.25) is 5.91 Å². The number of nitrogens with one attached hydrogen (secondary N) is 2. The van der Waals surface area contributed by atoms with E-state index in [4.69, 9.17) is 0 Å². The van der Waals surface area contributed by atoms with E-state index in [0.717, 1.165) is 4.90 Å². The van der Waals surface area contributed by atoms with Crippen LogP contribution in [0.5, 0.6) is 0 Å². The lowest BCUT2D eigenvalue weighted by Crippen LogP contribution is -2.44. The number of H-pyrrole nitrogens is 1. The quantitative estimate of drug-likeness (QED) is 0.516. The van der Waals surface area contributed by atoms with Crippen LogP contribution in [0, 0.1) is 0 Å². The molecule has 0 fully saturated rings. The molecule has 2 amide bonds. The number of anilines is 1. The minimum Gasteiger partial charge on any atom is -0.334 e. The first-order chi connectivity index (χ1) is 15.9. The number of hydrogen-bond acceptors (Lipinski definition) is 3. The average Bonchev–Trinajstić information content (AvgIpc) is 3.27. The Kier molecular flexibility index (Phi) is 5.62. The standard InChI is InChI=1S/C22H16F6N4O2/c1-32-18(11-8-12(21(23,24)25)10-13(9-11)22(26,27)28)17(19(33)30-16-6-7-29-31-16)14-4-2-3-5-15(14)20(32)34/h2-10,17-18H,1H3,(H2,29,30,31,33). The second kappa shape index (κ2) is 8.19. The molecule has 2 N–H and O–H groups in total. The van der Waals surface area contributed by atoms with Gasteiger partial charge in [-0.1, -0.05) is 18.2 Å². The van der Waals surface area contributed by atoms with Crippen molar-refractivity contribution >= 4 is 17.6 Å². The SMILES string of the molecule is CN1C(=O)c2ccccc2C(C(=O)Nc2ccn[nH]2)C1c1cc(C(F)(F)F)cc(C(F)(F)F)c1. The molecule has 2 aromatic carbocycles. The van der Waals surface area contributed by atoms with Gasteiger partial charge in [0.15, 0.2) is 0 Å². The van der Waals surface area contributed by atoms with Crippen LogP contribution in [-0.2, 0) is 17.1 Å². The zero-order chi connectivity index (χ0) is 24.8. The number of carbonyl (C=O) groups is 2. The minimum absolute atomic E-state index is 0.00176. The molecule has 1 aliphatic heterocycles. The number of benzene rings is 2. The van der Waals surface area contributed by atoms with E-state index >= 15 is 0 Å². The highest BCUT2D eigenvalue weighted by molar-refractivity contribution is 6.04. The molecule has 3 aromatic rings. The Hall–Kier alpha value is -3.83. The molecule has 4 rings (SSSR count). The summed E-state index contributed by atoms with van der Waals surface area (Å²) in [6.45, 7) is 0. The van der Waals surface area contributed by atoms with Crippen LogP contribution in [0.1, 0.15) is 44.6 Å². The fourth-order valence-electron chi connectivity index (χ4n) is 4.06. The van der Waals surface area contributed by atoms with Crippen molar-refractivity contribution in [3.63, 3.8) is 0 Å². The van der Waals surface area contributed by atoms with E-state index in [1.54, 1.807) is 6.07 Å². The molecule has 1 aromatic heterocycles. The third-order valence-electron chi connectivity index (χ3n) is 5.57. The van der Waals surface area contributed by atoms with Crippen LogP contribution in [0.25, 0.3) is 0 Å². The van der Waals surface area contributed by atoms with Gasteiger partial charge in [0.1, 0.15) is 5.82 Å². The van der Waals surface area contributed by atoms with E-state index in [-0.39, 0.29) is 23.0 Å². The Morgan fingerprint density at radius 1 is 1.00 bits per heavy atom. The number of likely N-dealkylation sites (N-methyl/N-ethyl adjacent to an activating group) is 1. The number of aromatic amines is 1. The summed E-state index contributed by atoms with van der Waals surface area (Å²) in [5.74, 6) is -2.53. The number of amides is 2. The first-order valence-corrected chi connectivity index (χ1v) is 9.83. The van der Waals surface area contributed by atoms with Crippen molar-refractivity contribution in [1.29, 1.82) is 0 Å². The molecule has 178 valence electrons. The van der Waals surface area contributed by atoms with Crippen molar-refractivity contribution < 1.29 is 35.9 Å². The van der Waals surface area contributed by atoms with Crippen molar-refractivity contribution in [3.05, 3.63) is 82.5 Å². The number of carbonyl (C=O) groups excluding carboxylic acids is 2. The monoisotopic (exact) mass is 482 g/mol. The molecule has 0 saturated heterocycles. The Morgan fingerprint density at radius 3 is 2.18 bits per heavy atom. The normalized spacial score (nSPS) is 18.6. The third-order valence-corrected chi connectivity index (χ3v) is 5.57. The number of rotatable bonds is 3. The summed E-state index contributed by atoms with van der Waals surface area (Å²) in [4.78, 5) is 27.3. The van der Waals surface area contributed by atoms with Gasteiger partial charge in [-0.15, -0.1) is 0 Å². The molecular formula is C22H16F6N4O2. The highest BCUT2D eigenvalue weighted by atomic mass is 19.4. The number of aromatic nitrogens is 2. The summed E-state index contributed by atoms with van der Waals surface area (Å²) in [5, 5.41) is 8.71. The summed E-state index contributed by atoms with van der Waals surface area (Å²) in [6, 6.07) is 7.00. The van der Waals surface area contributed by atoms with E-state index in [9.17, 15) is 35.9 Å². The molecule has 2 unspecified atom stereocenters. The van der Waals surface area contributed by atoms with Crippen LogP contribution in [-0.4, -0.2) is 34.0 Å². The predicted octanol–water partition coefficient (Wildman–Crippen LogP) is 5.00. The second-order valence-corrected chi connectivity index (χ2v) is 7.72. The fourth-order valence-corrected chi connectivity index (χ4v) is 4.06. The number of alkyl halides is 6. The maximum Gasteiger partial charge on any atom is 0.416 e. The molecule has 2 atom stereocenters. The smallest absolute Gasteiger partial charge is 0.334 e. The summed E-state index contributed by atoms with van der Waals surface area (Å²) >= 11 is 0. The number of halogens is 6. The minimum atomic E-state index is -5.08. The van der Waals surface area contributed by atoms with Gasteiger partial charge in [-0.25, -0.2) is 0 Å².